The minimum atomic E-state index is -5.02. The monoisotopic (exact) mass is 583 g/mol. The summed E-state index contributed by atoms with van der Waals surface area (Å²) in [5, 5.41) is 0. The van der Waals surface area contributed by atoms with Crippen molar-refractivity contribution < 1.29 is 40.3 Å². The normalized spacial score (nSPS) is 19.2. The first kappa shape index (κ1) is 32.4. The summed E-state index contributed by atoms with van der Waals surface area (Å²) in [6, 6.07) is 4.23. The molecule has 2 aromatic rings. The highest BCUT2D eigenvalue weighted by Gasteiger charge is 2.40. The van der Waals surface area contributed by atoms with Gasteiger partial charge in [0, 0.05) is 25.4 Å². The van der Waals surface area contributed by atoms with E-state index in [2.05, 4.69) is 0 Å². The molecule has 1 aliphatic heterocycles. The molecule has 2 amide bonds. The number of amides is 2. The average molecular weight is 584 g/mol. The number of likely N-dealkylation sites (tertiary alicyclic amines) is 1. The van der Waals surface area contributed by atoms with Gasteiger partial charge in [0.1, 0.15) is 5.82 Å². The summed E-state index contributed by atoms with van der Waals surface area (Å²) < 4.78 is 94.0. The van der Waals surface area contributed by atoms with Crippen LogP contribution in [0, 0.1) is 18.7 Å². The predicted molar refractivity (Wildman–Crippen MR) is 132 cm³/mol. The van der Waals surface area contributed by atoms with Crippen molar-refractivity contribution in [2.24, 2.45) is 11.7 Å². The zero-order valence-corrected chi connectivity index (χ0v) is 22.2. The first-order chi connectivity index (χ1) is 17.5. The lowest BCUT2D eigenvalue weighted by atomic mass is 9.78. The maximum Gasteiger partial charge on any atom is 0.416 e. The Morgan fingerprint density at radius 2 is 1.62 bits per heavy atom. The van der Waals surface area contributed by atoms with Gasteiger partial charge < -0.3 is 10.6 Å². The van der Waals surface area contributed by atoms with E-state index in [1.807, 2.05) is 0 Å². The quantitative estimate of drug-likeness (QED) is 0.444. The van der Waals surface area contributed by atoms with Crippen LogP contribution in [0.2, 0.25) is 0 Å². The first-order valence-electron chi connectivity index (χ1n) is 11.8. The summed E-state index contributed by atoms with van der Waals surface area (Å²) in [5.74, 6) is -2.77. The van der Waals surface area contributed by atoms with Gasteiger partial charge in [-0.2, -0.15) is 26.3 Å². The number of benzene rings is 2. The van der Waals surface area contributed by atoms with E-state index in [1.165, 1.54) is 32.2 Å². The molecule has 3 rings (SSSR count). The van der Waals surface area contributed by atoms with E-state index in [4.69, 9.17) is 5.73 Å². The van der Waals surface area contributed by atoms with Crippen LogP contribution in [-0.2, 0) is 21.9 Å². The van der Waals surface area contributed by atoms with Crippen molar-refractivity contribution in [1.82, 2.24) is 9.80 Å². The fraction of sp³-hybridized carbons (Fsp3) is 0.462. The van der Waals surface area contributed by atoms with Crippen LogP contribution in [0.5, 0.6) is 0 Å². The van der Waals surface area contributed by atoms with Gasteiger partial charge in [-0.05, 0) is 73.8 Å². The van der Waals surface area contributed by atoms with Crippen LogP contribution in [0.3, 0.4) is 0 Å². The zero-order chi connectivity index (χ0) is 28.6. The minimum Gasteiger partial charge on any atom is -0.369 e. The number of hydrogen-bond acceptors (Lipinski definition) is 3. The van der Waals surface area contributed by atoms with Crippen molar-refractivity contribution in [1.29, 1.82) is 0 Å². The second-order valence-electron chi connectivity index (χ2n) is 9.67. The van der Waals surface area contributed by atoms with Crippen LogP contribution in [0.1, 0.15) is 53.1 Å². The average Bonchev–Trinajstić information content (AvgIpc) is 2.81. The Morgan fingerprint density at radius 3 is 2.10 bits per heavy atom. The van der Waals surface area contributed by atoms with Gasteiger partial charge in [0.05, 0.1) is 23.7 Å². The molecule has 1 fully saturated rings. The Hall–Kier alpha value is -2.86. The third-order valence-electron chi connectivity index (χ3n) is 7.05. The van der Waals surface area contributed by atoms with Gasteiger partial charge >= 0.3 is 12.4 Å². The van der Waals surface area contributed by atoms with Crippen LogP contribution in [-0.4, -0.2) is 48.3 Å². The first-order valence-corrected chi connectivity index (χ1v) is 11.8. The number of carbonyl (C=O) groups excluding carboxylic acids is 2. The van der Waals surface area contributed by atoms with Crippen molar-refractivity contribution >= 4 is 24.2 Å². The van der Waals surface area contributed by atoms with Gasteiger partial charge in [-0.25, -0.2) is 4.39 Å². The molecular formula is C26H29ClF7N3O2. The van der Waals surface area contributed by atoms with Crippen molar-refractivity contribution in [2.45, 2.75) is 44.6 Å². The van der Waals surface area contributed by atoms with Crippen molar-refractivity contribution in [2.75, 3.05) is 26.7 Å². The van der Waals surface area contributed by atoms with E-state index in [0.717, 1.165) is 4.90 Å². The molecule has 216 valence electrons. The third-order valence-corrected chi connectivity index (χ3v) is 7.05. The number of hydrogen-bond donors (Lipinski definition) is 1. The molecule has 0 saturated carbocycles. The Bertz CT molecular complexity index is 1170. The zero-order valence-electron chi connectivity index (χ0n) is 21.4. The molecule has 0 unspecified atom stereocenters. The maximum absolute atomic E-state index is 13.8. The maximum atomic E-state index is 13.8. The predicted octanol–water partition coefficient (Wildman–Crippen LogP) is 5.70. The largest absolute Gasteiger partial charge is 0.416 e. The van der Waals surface area contributed by atoms with Crippen LogP contribution < -0.4 is 5.73 Å². The van der Waals surface area contributed by atoms with Crippen molar-refractivity contribution in [3.8, 4) is 0 Å². The highest BCUT2D eigenvalue weighted by atomic mass is 35.5. The summed E-state index contributed by atoms with van der Waals surface area (Å²) in [5.41, 5.74) is 3.30. The number of primary amides is 1. The minimum absolute atomic E-state index is 0. The van der Waals surface area contributed by atoms with E-state index in [9.17, 15) is 40.3 Å². The number of aryl methyl sites for hydroxylation is 1. The number of carbonyl (C=O) groups is 2. The molecule has 1 heterocycles. The van der Waals surface area contributed by atoms with Gasteiger partial charge in [0.25, 0.3) is 0 Å². The molecule has 1 saturated heterocycles. The summed E-state index contributed by atoms with van der Waals surface area (Å²) in [7, 11) is 1.32. The van der Waals surface area contributed by atoms with Crippen molar-refractivity contribution in [3.05, 3.63) is 70.0 Å². The van der Waals surface area contributed by atoms with Gasteiger partial charge in [-0.3, -0.25) is 14.5 Å². The van der Waals surface area contributed by atoms with Gasteiger partial charge in [-0.15, -0.1) is 12.4 Å². The van der Waals surface area contributed by atoms with Gasteiger partial charge in [0.2, 0.25) is 11.8 Å². The van der Waals surface area contributed by atoms with Gasteiger partial charge in [-0.1, -0.05) is 6.07 Å². The molecule has 0 aliphatic carbocycles. The molecule has 2 N–H and O–H groups in total. The summed E-state index contributed by atoms with van der Waals surface area (Å²) in [4.78, 5) is 28.0. The molecule has 1 aliphatic rings. The Balaban J connectivity index is 0.00000533. The second-order valence-corrected chi connectivity index (χ2v) is 9.67. The van der Waals surface area contributed by atoms with Crippen LogP contribution >= 0.6 is 12.4 Å². The number of alkyl halides is 6. The Labute approximate surface area is 227 Å². The third kappa shape index (κ3) is 7.63. The van der Waals surface area contributed by atoms with E-state index in [0.29, 0.717) is 29.8 Å². The molecule has 5 nitrogen and oxygen atoms in total. The highest BCUT2D eigenvalue weighted by molar-refractivity contribution is 5.85. The summed E-state index contributed by atoms with van der Waals surface area (Å²) >= 11 is 0. The molecule has 13 heteroatoms. The molecule has 2 aromatic carbocycles. The molecule has 39 heavy (non-hydrogen) atoms. The Morgan fingerprint density at radius 1 is 1.05 bits per heavy atom. The number of rotatable bonds is 6. The van der Waals surface area contributed by atoms with Crippen LogP contribution in [0.4, 0.5) is 30.7 Å². The molecule has 0 bridgehead atoms. The van der Waals surface area contributed by atoms with Gasteiger partial charge in [0.15, 0.2) is 0 Å². The molecule has 0 spiro atoms. The summed E-state index contributed by atoms with van der Waals surface area (Å²) in [6.07, 6.45) is -9.78. The fourth-order valence-electron chi connectivity index (χ4n) is 4.95. The van der Waals surface area contributed by atoms with Crippen molar-refractivity contribution in [3.63, 3.8) is 0 Å². The topological polar surface area (TPSA) is 66.6 Å². The van der Waals surface area contributed by atoms with E-state index in [-0.39, 0.29) is 43.5 Å². The number of nitrogens with zero attached hydrogens (tertiary/aromatic N) is 2. The molecular weight excluding hydrogens is 555 g/mol. The molecule has 0 aromatic heterocycles. The number of nitrogens with two attached hydrogens (primary N) is 1. The van der Waals surface area contributed by atoms with E-state index in [1.54, 1.807) is 11.8 Å². The molecule has 0 radical (unpaired) electrons. The number of halogens is 8. The lowest BCUT2D eigenvalue weighted by Crippen LogP contribution is -2.48. The second kappa shape index (κ2) is 12.1. The van der Waals surface area contributed by atoms with E-state index >= 15 is 0 Å². The summed E-state index contributed by atoms with van der Waals surface area (Å²) in [6.45, 7) is 3.51. The smallest absolute Gasteiger partial charge is 0.369 e. The lowest BCUT2D eigenvalue weighted by molar-refractivity contribution is -0.143. The van der Waals surface area contributed by atoms with Crippen LogP contribution in [0.25, 0.3) is 0 Å². The standard InChI is InChI=1S/C26H28F7N3O2.ClH/c1-14-8-19(27)4-5-20(14)22-12-36(13-23(34)37)7-6-21(22)24(38)35(3)15(2)16-9-17(25(28,29)30)11-18(10-16)26(31,32)33;/h4-5,8-11,15,21-22H,6-7,12-13H2,1-3H3,(H2,34,37);1H/t15-,21+,22-;/m1./s1. The SMILES string of the molecule is Cc1cc(F)ccc1[C@H]1CN(CC(N)=O)CC[C@@H]1C(=O)N(C)[C@H](C)c1cc(C(F)(F)F)cc(C(F)(F)F)c1.Cl. The fourth-order valence-corrected chi connectivity index (χ4v) is 4.95. The van der Waals surface area contributed by atoms with E-state index < -0.39 is 59.0 Å². The Kier molecular flexibility index (Phi) is 10.1. The highest BCUT2D eigenvalue weighted by Crippen LogP contribution is 2.40. The lowest BCUT2D eigenvalue weighted by Gasteiger charge is -2.40. The van der Waals surface area contributed by atoms with Crippen LogP contribution in [0.15, 0.2) is 36.4 Å². The number of piperidine rings is 1. The molecule has 3 atom stereocenters.